The lowest BCUT2D eigenvalue weighted by Gasteiger charge is -2.35. The van der Waals surface area contributed by atoms with Crippen molar-refractivity contribution in [2.45, 2.75) is 61.8 Å². The highest BCUT2D eigenvalue weighted by atomic mass is 32.2. The Morgan fingerprint density at radius 2 is 1.90 bits per heavy atom. The van der Waals surface area contributed by atoms with E-state index in [0.717, 1.165) is 30.6 Å². The Bertz CT molecular complexity index is 960. The molecule has 7 nitrogen and oxygen atoms in total. The second-order valence-electron chi connectivity index (χ2n) is 8.95. The van der Waals surface area contributed by atoms with Gasteiger partial charge in [-0.1, -0.05) is 26.7 Å². The summed E-state index contributed by atoms with van der Waals surface area (Å²) in [6, 6.07) is 5.04. The molecule has 2 heterocycles. The minimum atomic E-state index is -3.59. The number of thioether (sulfide) groups is 1. The summed E-state index contributed by atoms with van der Waals surface area (Å²) in [5, 5.41) is 3.12. The van der Waals surface area contributed by atoms with Gasteiger partial charge >= 0.3 is 0 Å². The Morgan fingerprint density at radius 3 is 2.65 bits per heavy atom. The number of hydrogen-bond acceptors (Lipinski definition) is 5. The van der Waals surface area contributed by atoms with E-state index < -0.39 is 10.0 Å². The molecule has 4 rings (SSSR count). The van der Waals surface area contributed by atoms with Crippen LogP contribution in [0.25, 0.3) is 0 Å². The Kier molecular flexibility index (Phi) is 6.65. The summed E-state index contributed by atoms with van der Waals surface area (Å²) in [7, 11) is -3.59. The Labute approximate surface area is 189 Å². The van der Waals surface area contributed by atoms with E-state index in [2.05, 4.69) is 19.2 Å². The first-order valence-electron chi connectivity index (χ1n) is 11.1. The number of nitrogens with zero attached hydrogens (tertiary/aromatic N) is 2. The van der Waals surface area contributed by atoms with E-state index >= 15 is 0 Å². The van der Waals surface area contributed by atoms with E-state index in [-0.39, 0.29) is 35.0 Å². The highest BCUT2D eigenvalue weighted by Gasteiger charge is 2.33. The third-order valence-corrected chi connectivity index (χ3v) is 9.87. The molecule has 0 radical (unpaired) electrons. The van der Waals surface area contributed by atoms with E-state index in [0.29, 0.717) is 30.6 Å². The first-order valence-corrected chi connectivity index (χ1v) is 13.6. The van der Waals surface area contributed by atoms with Crippen molar-refractivity contribution in [2.24, 2.45) is 11.8 Å². The average Bonchev–Trinajstić information content (AvgIpc) is 3.29. The van der Waals surface area contributed by atoms with Gasteiger partial charge in [-0.2, -0.15) is 4.31 Å². The molecule has 1 saturated heterocycles. The first kappa shape index (κ1) is 22.6. The Morgan fingerprint density at radius 1 is 1.16 bits per heavy atom. The van der Waals surface area contributed by atoms with Crippen molar-refractivity contribution >= 4 is 39.3 Å². The van der Waals surface area contributed by atoms with Gasteiger partial charge in [0, 0.05) is 24.0 Å². The number of rotatable bonds is 5. The van der Waals surface area contributed by atoms with Gasteiger partial charge in [-0.05, 0) is 49.3 Å². The fraction of sp³-hybridized carbons (Fsp3) is 0.636. The molecule has 3 atom stereocenters. The number of nitrogens with one attached hydrogen (secondary N) is 1. The average molecular weight is 466 g/mol. The molecule has 1 aliphatic carbocycles. The predicted octanol–water partition coefficient (Wildman–Crippen LogP) is 2.85. The van der Waals surface area contributed by atoms with Crippen LogP contribution in [0.3, 0.4) is 0 Å². The van der Waals surface area contributed by atoms with Crippen molar-refractivity contribution in [3.8, 4) is 0 Å². The highest BCUT2D eigenvalue weighted by molar-refractivity contribution is 8.00. The van der Waals surface area contributed by atoms with Crippen LogP contribution in [-0.2, 0) is 19.6 Å². The fourth-order valence-corrected chi connectivity index (χ4v) is 7.23. The first-order chi connectivity index (χ1) is 14.8. The van der Waals surface area contributed by atoms with Crippen LogP contribution in [0.2, 0.25) is 0 Å². The molecular weight excluding hydrogens is 434 g/mol. The largest absolute Gasteiger partial charge is 0.352 e. The third-order valence-electron chi connectivity index (χ3n) is 6.93. The molecule has 0 unspecified atom stereocenters. The minimum absolute atomic E-state index is 0.0861. The summed E-state index contributed by atoms with van der Waals surface area (Å²) in [4.78, 5) is 28.0. The van der Waals surface area contributed by atoms with Crippen molar-refractivity contribution in [3.05, 3.63) is 18.2 Å². The van der Waals surface area contributed by atoms with Gasteiger partial charge in [0.25, 0.3) is 0 Å². The Hall–Kier alpha value is -1.58. The molecule has 9 heteroatoms. The molecule has 31 heavy (non-hydrogen) atoms. The fourth-order valence-electron chi connectivity index (χ4n) is 4.78. The van der Waals surface area contributed by atoms with E-state index in [1.54, 1.807) is 18.2 Å². The number of fused-ring (bicyclic) bond motifs is 1. The van der Waals surface area contributed by atoms with Gasteiger partial charge < -0.3 is 10.2 Å². The molecule has 2 fully saturated rings. The SMILES string of the molecule is C[C@H]1[C@H](C)CCC[C@H]1NC(=O)CN1C(=O)CSc2ccc(S(=O)(=O)N3CCCC3)cc21. The Balaban J connectivity index is 1.54. The normalized spacial score (nSPS) is 27.2. The number of sulfonamides is 1. The maximum atomic E-state index is 13.0. The quantitative estimate of drug-likeness (QED) is 0.723. The van der Waals surface area contributed by atoms with Crippen molar-refractivity contribution in [2.75, 3.05) is 30.3 Å². The molecule has 0 bridgehead atoms. The lowest BCUT2D eigenvalue weighted by Crippen LogP contribution is -2.49. The second-order valence-corrected chi connectivity index (χ2v) is 11.9. The predicted molar refractivity (Wildman–Crippen MR) is 122 cm³/mol. The van der Waals surface area contributed by atoms with Crippen LogP contribution in [0.1, 0.15) is 46.0 Å². The summed E-state index contributed by atoms with van der Waals surface area (Å²) >= 11 is 1.38. The van der Waals surface area contributed by atoms with Crippen molar-refractivity contribution in [1.29, 1.82) is 0 Å². The van der Waals surface area contributed by atoms with E-state index in [9.17, 15) is 18.0 Å². The standard InChI is InChI=1S/C22H31N3O4S2/c1-15-6-5-7-18(16(15)2)23-21(26)13-25-19-12-17(8-9-20(19)30-14-22(25)27)31(28,29)24-10-3-4-11-24/h8-9,12,15-16,18H,3-7,10-11,13-14H2,1-2H3,(H,23,26)/t15-,16+,18-/m1/s1. The zero-order valence-corrected chi connectivity index (χ0v) is 19.8. The molecule has 170 valence electrons. The molecule has 1 saturated carbocycles. The van der Waals surface area contributed by atoms with Crippen molar-refractivity contribution in [1.82, 2.24) is 9.62 Å². The summed E-state index contributed by atoms with van der Waals surface area (Å²) in [5.74, 6) is 0.842. The third kappa shape index (κ3) is 4.64. The van der Waals surface area contributed by atoms with E-state index in [4.69, 9.17) is 0 Å². The molecule has 1 aromatic carbocycles. The summed E-state index contributed by atoms with van der Waals surface area (Å²) < 4.78 is 27.5. The van der Waals surface area contributed by atoms with Gasteiger partial charge in [-0.15, -0.1) is 11.8 Å². The molecule has 1 aromatic rings. The monoisotopic (exact) mass is 465 g/mol. The number of amides is 2. The lowest BCUT2D eigenvalue weighted by molar-refractivity contribution is -0.124. The minimum Gasteiger partial charge on any atom is -0.352 e. The van der Waals surface area contributed by atoms with Crippen LogP contribution in [0, 0.1) is 11.8 Å². The van der Waals surface area contributed by atoms with Gasteiger partial charge in [0.05, 0.1) is 16.3 Å². The summed E-state index contributed by atoms with van der Waals surface area (Å²) in [6.07, 6.45) is 4.95. The van der Waals surface area contributed by atoms with Crippen LogP contribution < -0.4 is 10.2 Å². The summed E-state index contributed by atoms with van der Waals surface area (Å²) in [5.41, 5.74) is 0.515. The molecule has 0 spiro atoms. The van der Waals surface area contributed by atoms with Gasteiger partial charge in [0.15, 0.2) is 0 Å². The van der Waals surface area contributed by atoms with Gasteiger partial charge in [-0.3, -0.25) is 9.59 Å². The highest BCUT2D eigenvalue weighted by Crippen LogP contribution is 2.38. The van der Waals surface area contributed by atoms with E-state index in [1.807, 2.05) is 0 Å². The molecule has 1 N–H and O–H groups in total. The molecule has 2 aliphatic heterocycles. The maximum absolute atomic E-state index is 13.0. The smallest absolute Gasteiger partial charge is 0.243 e. The van der Waals surface area contributed by atoms with E-state index in [1.165, 1.54) is 27.4 Å². The van der Waals surface area contributed by atoms with Crippen molar-refractivity contribution < 1.29 is 18.0 Å². The molecule has 2 amide bonds. The van der Waals surface area contributed by atoms with Crippen molar-refractivity contribution in [3.63, 3.8) is 0 Å². The zero-order chi connectivity index (χ0) is 22.2. The van der Waals surface area contributed by atoms with Gasteiger partial charge in [0.1, 0.15) is 6.54 Å². The number of anilines is 1. The summed E-state index contributed by atoms with van der Waals surface area (Å²) in [6.45, 7) is 5.35. The topological polar surface area (TPSA) is 86.8 Å². The zero-order valence-electron chi connectivity index (χ0n) is 18.2. The van der Waals surface area contributed by atoms with Crippen LogP contribution in [0.5, 0.6) is 0 Å². The lowest BCUT2D eigenvalue weighted by atomic mass is 9.78. The number of hydrogen-bond donors (Lipinski definition) is 1. The molecular formula is C22H31N3O4S2. The maximum Gasteiger partial charge on any atom is 0.243 e. The molecule has 0 aromatic heterocycles. The molecule has 3 aliphatic rings. The number of carbonyl (C=O) groups is 2. The van der Waals surface area contributed by atoms with Crippen LogP contribution in [-0.4, -0.2) is 56.0 Å². The van der Waals surface area contributed by atoms with Crippen LogP contribution in [0.15, 0.2) is 28.0 Å². The van der Waals surface area contributed by atoms with Crippen LogP contribution >= 0.6 is 11.8 Å². The number of carbonyl (C=O) groups excluding carboxylic acids is 2. The van der Waals surface area contributed by atoms with Gasteiger partial charge in [0.2, 0.25) is 21.8 Å². The number of benzene rings is 1. The second kappa shape index (κ2) is 9.11. The van der Waals surface area contributed by atoms with Crippen LogP contribution in [0.4, 0.5) is 5.69 Å². The van der Waals surface area contributed by atoms with Gasteiger partial charge in [-0.25, -0.2) is 8.42 Å².